The summed E-state index contributed by atoms with van der Waals surface area (Å²) in [6, 6.07) is 11.5. The van der Waals surface area contributed by atoms with Crippen molar-refractivity contribution in [3.63, 3.8) is 0 Å². The third-order valence-corrected chi connectivity index (χ3v) is 2.92. The molecule has 2 rings (SSSR count). The Morgan fingerprint density at radius 1 is 1.26 bits per heavy atom. The maximum atomic E-state index is 10.6. The third-order valence-electron chi connectivity index (χ3n) is 2.55. The summed E-state index contributed by atoms with van der Waals surface area (Å²) in [7, 11) is 0. The van der Waals surface area contributed by atoms with Crippen LogP contribution < -0.4 is 10.5 Å². The Bertz CT molecular complexity index is 617. The molecule has 2 aromatic carbocycles. The number of nitrogens with two attached hydrogens (primary N) is 1. The van der Waals surface area contributed by atoms with Crippen molar-refractivity contribution in [2.75, 3.05) is 5.73 Å². The van der Waals surface area contributed by atoms with Crippen LogP contribution in [0, 0.1) is 10.1 Å². The second kappa shape index (κ2) is 5.58. The lowest BCUT2D eigenvalue weighted by Gasteiger charge is -2.08. The van der Waals surface area contributed by atoms with E-state index in [0.29, 0.717) is 10.8 Å². The van der Waals surface area contributed by atoms with E-state index in [9.17, 15) is 10.1 Å². The molecule has 2 N–H and O–H groups in total. The van der Waals surface area contributed by atoms with Gasteiger partial charge in [0.15, 0.2) is 0 Å². The second-order valence-corrected chi connectivity index (χ2v) is 4.27. The molecule has 0 atom stereocenters. The smallest absolute Gasteiger partial charge is 0.292 e. The average Bonchev–Trinajstić information content (AvgIpc) is 2.37. The van der Waals surface area contributed by atoms with Crippen LogP contribution in [0.2, 0.25) is 5.02 Å². The van der Waals surface area contributed by atoms with E-state index in [4.69, 9.17) is 22.1 Å². The number of ether oxygens (including phenoxy) is 1. The molecule has 98 valence electrons. The van der Waals surface area contributed by atoms with Gasteiger partial charge in [-0.2, -0.15) is 0 Å². The predicted octanol–water partition coefficient (Wildman–Crippen LogP) is 3.41. The first-order valence-electron chi connectivity index (χ1n) is 5.48. The van der Waals surface area contributed by atoms with Crippen LogP contribution in [0.5, 0.6) is 5.75 Å². The largest absolute Gasteiger partial charge is 0.489 e. The number of nitro benzene ring substituents is 1. The molecule has 5 nitrogen and oxygen atoms in total. The van der Waals surface area contributed by atoms with Gasteiger partial charge in [-0.1, -0.05) is 29.8 Å². The molecule has 0 saturated carbocycles. The number of anilines is 1. The first kappa shape index (κ1) is 13.2. The second-order valence-electron chi connectivity index (χ2n) is 3.86. The van der Waals surface area contributed by atoms with Crippen molar-refractivity contribution in [1.29, 1.82) is 0 Å². The van der Waals surface area contributed by atoms with E-state index in [1.807, 2.05) is 18.2 Å². The Hall–Kier alpha value is -2.27. The lowest BCUT2D eigenvalue weighted by molar-refractivity contribution is -0.383. The number of nitrogen functional groups attached to an aromatic ring is 1. The van der Waals surface area contributed by atoms with Crippen LogP contribution >= 0.6 is 11.6 Å². The first-order chi connectivity index (χ1) is 9.08. The molecule has 0 fully saturated rings. The fraction of sp³-hybridized carbons (Fsp3) is 0.0769. The number of rotatable bonds is 4. The van der Waals surface area contributed by atoms with Gasteiger partial charge in [0.25, 0.3) is 5.69 Å². The molecule has 0 amide bonds. The van der Waals surface area contributed by atoms with Crippen molar-refractivity contribution in [3.8, 4) is 5.75 Å². The van der Waals surface area contributed by atoms with Crippen molar-refractivity contribution >= 4 is 23.0 Å². The van der Waals surface area contributed by atoms with Crippen molar-refractivity contribution in [3.05, 3.63) is 63.2 Å². The minimum Gasteiger partial charge on any atom is -0.489 e. The average molecular weight is 279 g/mol. The Morgan fingerprint density at radius 3 is 2.63 bits per heavy atom. The van der Waals surface area contributed by atoms with E-state index in [1.54, 1.807) is 6.07 Å². The number of benzene rings is 2. The highest BCUT2D eigenvalue weighted by Gasteiger charge is 2.11. The molecular formula is C13H11ClN2O3. The zero-order chi connectivity index (χ0) is 13.8. The van der Waals surface area contributed by atoms with Crippen LogP contribution in [-0.4, -0.2) is 4.92 Å². The summed E-state index contributed by atoms with van der Waals surface area (Å²) >= 11 is 5.99. The van der Waals surface area contributed by atoms with Crippen LogP contribution in [0.3, 0.4) is 0 Å². The van der Waals surface area contributed by atoms with Gasteiger partial charge in [-0.3, -0.25) is 10.1 Å². The van der Waals surface area contributed by atoms with E-state index in [-0.39, 0.29) is 18.0 Å². The fourth-order valence-corrected chi connectivity index (χ4v) is 1.76. The van der Waals surface area contributed by atoms with Gasteiger partial charge in [0, 0.05) is 22.7 Å². The minimum absolute atomic E-state index is 0.0710. The van der Waals surface area contributed by atoms with Gasteiger partial charge >= 0.3 is 0 Å². The van der Waals surface area contributed by atoms with E-state index in [2.05, 4.69) is 0 Å². The fourth-order valence-electron chi connectivity index (χ4n) is 1.57. The van der Waals surface area contributed by atoms with Gasteiger partial charge in [-0.15, -0.1) is 0 Å². The highest BCUT2D eigenvalue weighted by molar-refractivity contribution is 6.31. The van der Waals surface area contributed by atoms with Gasteiger partial charge in [0.05, 0.1) is 4.92 Å². The zero-order valence-electron chi connectivity index (χ0n) is 9.88. The summed E-state index contributed by atoms with van der Waals surface area (Å²) in [6.45, 7) is 0.275. The molecule has 0 bridgehead atoms. The van der Waals surface area contributed by atoms with Crippen molar-refractivity contribution in [2.45, 2.75) is 6.61 Å². The van der Waals surface area contributed by atoms with E-state index >= 15 is 0 Å². The molecule has 2 aromatic rings. The van der Waals surface area contributed by atoms with Crippen LogP contribution in [-0.2, 0) is 6.61 Å². The van der Waals surface area contributed by atoms with Crippen molar-refractivity contribution < 1.29 is 9.66 Å². The van der Waals surface area contributed by atoms with E-state index in [1.165, 1.54) is 18.2 Å². The quantitative estimate of drug-likeness (QED) is 0.528. The summed E-state index contributed by atoms with van der Waals surface area (Å²) in [5.41, 5.74) is 6.34. The first-order valence-corrected chi connectivity index (χ1v) is 5.86. The van der Waals surface area contributed by atoms with Gasteiger partial charge in [-0.05, 0) is 12.1 Å². The van der Waals surface area contributed by atoms with Crippen LogP contribution in [0.1, 0.15) is 5.56 Å². The summed E-state index contributed by atoms with van der Waals surface area (Å²) in [5, 5.41) is 11.2. The zero-order valence-corrected chi connectivity index (χ0v) is 10.6. The van der Waals surface area contributed by atoms with Crippen LogP contribution in [0.4, 0.5) is 11.4 Å². The molecule has 0 heterocycles. The summed E-state index contributed by atoms with van der Waals surface area (Å²) in [4.78, 5) is 10.1. The Balaban J connectivity index is 2.11. The molecule has 6 heteroatoms. The molecule has 0 radical (unpaired) electrons. The molecule has 0 aromatic heterocycles. The molecule has 0 saturated heterocycles. The van der Waals surface area contributed by atoms with Crippen LogP contribution in [0.25, 0.3) is 0 Å². The lowest BCUT2D eigenvalue weighted by Crippen LogP contribution is -1.99. The van der Waals surface area contributed by atoms with E-state index < -0.39 is 4.92 Å². The Morgan fingerprint density at radius 2 is 2.00 bits per heavy atom. The maximum absolute atomic E-state index is 10.6. The number of nitro groups is 1. The van der Waals surface area contributed by atoms with Gasteiger partial charge in [0.2, 0.25) is 0 Å². The number of nitrogens with zero attached hydrogens (tertiary/aromatic N) is 1. The summed E-state index contributed by atoms with van der Waals surface area (Å²) in [5.74, 6) is 0.461. The molecule has 0 unspecified atom stereocenters. The third kappa shape index (κ3) is 3.14. The van der Waals surface area contributed by atoms with Gasteiger partial charge < -0.3 is 10.5 Å². The van der Waals surface area contributed by atoms with Crippen molar-refractivity contribution in [2.24, 2.45) is 0 Å². The Labute approximate surface area is 114 Å². The highest BCUT2D eigenvalue weighted by Crippen LogP contribution is 2.27. The lowest BCUT2D eigenvalue weighted by atomic mass is 10.2. The normalized spacial score (nSPS) is 10.2. The summed E-state index contributed by atoms with van der Waals surface area (Å²) < 4.78 is 5.50. The molecule has 19 heavy (non-hydrogen) atoms. The maximum Gasteiger partial charge on any atom is 0.292 e. The summed E-state index contributed by atoms with van der Waals surface area (Å²) in [6.07, 6.45) is 0. The van der Waals surface area contributed by atoms with Gasteiger partial charge in [-0.25, -0.2) is 0 Å². The van der Waals surface area contributed by atoms with E-state index in [0.717, 1.165) is 5.56 Å². The van der Waals surface area contributed by atoms with Gasteiger partial charge in [0.1, 0.15) is 18.0 Å². The standard InChI is InChI=1S/C13H11ClN2O3/c14-11-4-2-1-3-9(11)8-19-10-5-6-13(16(17)18)12(15)7-10/h1-7H,8,15H2. The SMILES string of the molecule is Nc1cc(OCc2ccccc2Cl)ccc1[N+](=O)[O-]. The topological polar surface area (TPSA) is 78.4 Å². The minimum atomic E-state index is -0.535. The molecule has 0 spiro atoms. The molecule has 0 aliphatic heterocycles. The molecule has 0 aliphatic carbocycles. The monoisotopic (exact) mass is 278 g/mol. The number of hydrogen-bond acceptors (Lipinski definition) is 4. The molecule has 0 aliphatic rings. The van der Waals surface area contributed by atoms with Crippen molar-refractivity contribution in [1.82, 2.24) is 0 Å². The number of halogens is 1. The number of hydrogen-bond donors (Lipinski definition) is 1. The predicted molar refractivity (Wildman–Crippen MR) is 73.3 cm³/mol. The van der Waals surface area contributed by atoms with Crippen LogP contribution in [0.15, 0.2) is 42.5 Å². The Kier molecular flexibility index (Phi) is 3.87. The molecular weight excluding hydrogens is 268 g/mol. The highest BCUT2D eigenvalue weighted by atomic mass is 35.5.